The molecule has 0 aliphatic carbocycles. The summed E-state index contributed by atoms with van der Waals surface area (Å²) >= 11 is 0. The summed E-state index contributed by atoms with van der Waals surface area (Å²) in [6.45, 7) is 3.02. The molecule has 139 valence electrons. The van der Waals surface area contributed by atoms with Crippen LogP contribution in [0.25, 0.3) is 11.2 Å². The Labute approximate surface area is 180 Å². The molecule has 0 bridgehead atoms. The maximum Gasteiger partial charge on any atom is 0.218 e. The Kier molecular flexibility index (Phi) is 7.72. The van der Waals surface area contributed by atoms with Crippen LogP contribution in [0.1, 0.15) is 16.8 Å². The van der Waals surface area contributed by atoms with Gasteiger partial charge in [0.15, 0.2) is 10.8 Å². The molecule has 3 aromatic rings. The van der Waals surface area contributed by atoms with Gasteiger partial charge < -0.3 is 14.5 Å². The Balaban J connectivity index is 0.00000261. The van der Waals surface area contributed by atoms with Crippen molar-refractivity contribution in [2.24, 2.45) is 0 Å². The number of aromatic nitrogens is 4. The van der Waals surface area contributed by atoms with Gasteiger partial charge >= 0.3 is 0 Å². The van der Waals surface area contributed by atoms with Crippen LogP contribution >= 0.6 is 0 Å². The molecule has 3 heterocycles. The van der Waals surface area contributed by atoms with E-state index in [4.69, 9.17) is 9.47 Å². The minimum atomic E-state index is -1.43. The van der Waals surface area contributed by atoms with Crippen LogP contribution in [0.15, 0.2) is 23.5 Å². The zero-order chi connectivity index (χ0) is 18.7. The summed E-state index contributed by atoms with van der Waals surface area (Å²) < 4.78 is 35.5. The minimum absolute atomic E-state index is 0. The van der Waals surface area contributed by atoms with Crippen molar-refractivity contribution >= 4 is 51.5 Å². The number of nitrogens with zero attached hydrogens (tertiary/aromatic N) is 3. The first kappa shape index (κ1) is 21.7. The van der Waals surface area contributed by atoms with Crippen molar-refractivity contribution in [1.29, 1.82) is 0 Å². The van der Waals surface area contributed by atoms with Gasteiger partial charge in [-0.3, -0.25) is 9.19 Å². The normalized spacial score (nSPS) is 11.9. The van der Waals surface area contributed by atoms with E-state index >= 15 is 0 Å². The quantitative estimate of drug-likeness (QED) is 0.611. The summed E-state index contributed by atoms with van der Waals surface area (Å²) in [4.78, 5) is 15.9. The molecule has 0 saturated heterocycles. The Morgan fingerprint density at radius 2 is 2.07 bits per heavy atom. The monoisotopic (exact) mass is 401 g/mol. The number of aromatic amines is 1. The number of halogens is 1. The third-order valence-corrected chi connectivity index (χ3v) is 5.03. The summed E-state index contributed by atoms with van der Waals surface area (Å²) in [6.07, 6.45) is 1.62. The van der Waals surface area contributed by atoms with E-state index in [-0.39, 0.29) is 41.9 Å². The first-order chi connectivity index (χ1) is 12.5. The van der Waals surface area contributed by atoms with Crippen molar-refractivity contribution in [1.82, 2.24) is 19.9 Å². The molecule has 1 N–H and O–H groups in total. The molecule has 3 rings (SSSR count). The third kappa shape index (κ3) is 4.84. The number of H-pyrrole nitrogens is 1. The number of hydrogen-bond acceptors (Lipinski definition) is 6. The van der Waals surface area contributed by atoms with Gasteiger partial charge in [0.2, 0.25) is 5.88 Å². The first-order valence-corrected chi connectivity index (χ1v) is 9.28. The van der Waals surface area contributed by atoms with Gasteiger partial charge in [-0.15, -0.1) is 0 Å². The van der Waals surface area contributed by atoms with Crippen LogP contribution in [-0.2, 0) is 16.6 Å². The van der Waals surface area contributed by atoms with Crippen molar-refractivity contribution in [2.45, 2.75) is 24.8 Å². The van der Waals surface area contributed by atoms with Gasteiger partial charge in [-0.05, 0) is 26.0 Å². The van der Waals surface area contributed by atoms with E-state index in [9.17, 15) is 8.60 Å². The summed E-state index contributed by atoms with van der Waals surface area (Å²) in [6, 6.07) is 3.55. The molecule has 1 unspecified atom stereocenters. The van der Waals surface area contributed by atoms with Crippen molar-refractivity contribution in [2.75, 3.05) is 20.4 Å². The van der Waals surface area contributed by atoms with E-state index in [0.717, 1.165) is 11.1 Å². The van der Waals surface area contributed by atoms with Gasteiger partial charge in [0.1, 0.15) is 19.0 Å². The van der Waals surface area contributed by atoms with Gasteiger partial charge in [-0.1, -0.05) is 0 Å². The molecule has 0 aliphatic rings. The molecule has 0 aromatic carbocycles. The molecule has 0 aliphatic heterocycles. The predicted octanol–water partition coefficient (Wildman–Crippen LogP) is 2.25. The second-order valence-electron chi connectivity index (χ2n) is 5.64. The minimum Gasteiger partial charge on any atom is -0.496 e. The van der Waals surface area contributed by atoms with E-state index in [2.05, 4.69) is 19.9 Å². The van der Waals surface area contributed by atoms with Crippen LogP contribution in [-0.4, -0.2) is 74.1 Å². The number of methoxy groups -OCH3 is 1. The number of ether oxygens (including phenoxy) is 2. The Morgan fingerprint density at radius 1 is 1.30 bits per heavy atom. The van der Waals surface area contributed by atoms with E-state index in [1.165, 1.54) is 0 Å². The van der Waals surface area contributed by atoms with E-state index in [1.807, 2.05) is 6.92 Å². The van der Waals surface area contributed by atoms with Gasteiger partial charge in [0, 0.05) is 46.9 Å². The number of nitrogens with one attached hydrogen (secondary N) is 1. The number of hydrogen-bond donors (Lipinski definition) is 1. The fourth-order valence-electron chi connectivity index (χ4n) is 2.51. The average molecular weight is 401 g/mol. The van der Waals surface area contributed by atoms with Crippen LogP contribution in [0.5, 0.6) is 11.6 Å². The summed E-state index contributed by atoms with van der Waals surface area (Å²) in [7, 11) is 0.151. The van der Waals surface area contributed by atoms with Gasteiger partial charge in [0.25, 0.3) is 0 Å². The van der Waals surface area contributed by atoms with Crippen LogP contribution < -0.4 is 9.47 Å². The molecule has 3 aromatic heterocycles. The van der Waals surface area contributed by atoms with Gasteiger partial charge in [0.05, 0.1) is 34.9 Å². The molecule has 0 fully saturated rings. The Bertz CT molecular complexity index is 967. The molecule has 0 saturated carbocycles. The standard InChI is InChI=1S/C17H19FN4O3S.Na/c1-10-8-12-15(21-16(10)25-7-5-18)22-17(20-12)26(23)9-13-11(2)14(24-3)4-6-19-13;/h4,6,8H,5,7,9H2,1-3H3,(H,20,21,22);. The summed E-state index contributed by atoms with van der Waals surface area (Å²) in [5.74, 6) is 1.22. The Morgan fingerprint density at radius 3 is 2.78 bits per heavy atom. The molecule has 7 nitrogen and oxygen atoms in total. The summed E-state index contributed by atoms with van der Waals surface area (Å²) in [5, 5.41) is 0.304. The number of pyridine rings is 2. The number of rotatable bonds is 7. The SMILES string of the molecule is COc1ccnc(CS(=O)c2nc3nc(OCCF)c(C)cc3[nH]2)c1C.[Na]. The smallest absolute Gasteiger partial charge is 0.218 e. The predicted molar refractivity (Wildman–Crippen MR) is 101 cm³/mol. The molecular formula is C17H19FN4NaO3S. The van der Waals surface area contributed by atoms with Crippen molar-refractivity contribution in [3.8, 4) is 11.6 Å². The van der Waals surface area contributed by atoms with Crippen LogP contribution in [0.4, 0.5) is 4.39 Å². The zero-order valence-electron chi connectivity index (χ0n) is 15.7. The van der Waals surface area contributed by atoms with Gasteiger partial charge in [-0.2, -0.15) is 4.98 Å². The van der Waals surface area contributed by atoms with Crippen molar-refractivity contribution < 1.29 is 18.1 Å². The fraction of sp³-hybridized carbons (Fsp3) is 0.353. The number of fused-ring (bicyclic) bond motifs is 1. The molecule has 27 heavy (non-hydrogen) atoms. The molecule has 0 spiro atoms. The molecule has 0 amide bonds. The largest absolute Gasteiger partial charge is 0.496 e. The average Bonchev–Trinajstić information content (AvgIpc) is 3.04. The topological polar surface area (TPSA) is 90.0 Å². The number of alkyl halides is 1. The van der Waals surface area contributed by atoms with Crippen molar-refractivity contribution in [3.63, 3.8) is 0 Å². The number of imidazole rings is 1. The molecular weight excluding hydrogens is 382 g/mol. The molecule has 10 heteroatoms. The van der Waals surface area contributed by atoms with Crippen LogP contribution in [0, 0.1) is 13.8 Å². The first-order valence-electron chi connectivity index (χ1n) is 7.96. The van der Waals surface area contributed by atoms with Crippen molar-refractivity contribution in [3.05, 3.63) is 35.2 Å². The van der Waals surface area contributed by atoms with E-state index in [1.54, 1.807) is 32.4 Å². The second kappa shape index (κ2) is 9.59. The molecule has 1 radical (unpaired) electrons. The third-order valence-electron chi connectivity index (χ3n) is 3.87. The van der Waals surface area contributed by atoms with Crippen LogP contribution in [0.2, 0.25) is 0 Å². The van der Waals surface area contributed by atoms with E-state index < -0.39 is 17.5 Å². The maximum atomic E-state index is 12.7. The Hall–Kier alpha value is -1.55. The second-order valence-corrected chi connectivity index (χ2v) is 7.00. The maximum absolute atomic E-state index is 12.7. The van der Waals surface area contributed by atoms with Crippen LogP contribution in [0.3, 0.4) is 0 Å². The number of aryl methyl sites for hydroxylation is 1. The van der Waals surface area contributed by atoms with E-state index in [0.29, 0.717) is 33.6 Å². The fourth-order valence-corrected chi connectivity index (χ4v) is 3.60. The van der Waals surface area contributed by atoms with Gasteiger partial charge in [-0.25, -0.2) is 9.37 Å². The zero-order valence-corrected chi connectivity index (χ0v) is 18.5. The molecule has 1 atom stereocenters. The summed E-state index contributed by atoms with van der Waals surface area (Å²) in [5.41, 5.74) is 3.30.